The van der Waals surface area contributed by atoms with Crippen LogP contribution in [0, 0.1) is 24.4 Å². The van der Waals surface area contributed by atoms with Crippen LogP contribution in [0.3, 0.4) is 0 Å². The van der Waals surface area contributed by atoms with Gasteiger partial charge in [0.15, 0.2) is 29.0 Å². The molecule has 0 atom stereocenters. The van der Waals surface area contributed by atoms with E-state index in [2.05, 4.69) is 0 Å². The molecule has 0 aromatic heterocycles. The fourth-order valence-electron chi connectivity index (χ4n) is 1.49. The summed E-state index contributed by atoms with van der Waals surface area (Å²) >= 11 is 0. The number of hydrogen-bond donors (Lipinski definition) is 1. The number of hydrogen-bond acceptors (Lipinski definition) is 2. The molecule has 0 saturated heterocycles. The predicted molar refractivity (Wildman–Crippen MR) is 62.0 cm³/mol. The molecule has 0 amide bonds. The summed E-state index contributed by atoms with van der Waals surface area (Å²) in [6.45, 7) is 1.53. The molecule has 2 N–H and O–H groups in total. The molecule has 0 aliphatic carbocycles. The molecular weight excluding hydrogens is 243 g/mol. The Labute approximate surface area is 102 Å². The Hall–Kier alpha value is -2.17. The van der Waals surface area contributed by atoms with Crippen LogP contribution >= 0.6 is 0 Å². The van der Waals surface area contributed by atoms with E-state index in [0.29, 0.717) is 5.56 Å². The molecule has 0 aliphatic rings. The highest BCUT2D eigenvalue weighted by molar-refractivity contribution is 5.45. The van der Waals surface area contributed by atoms with E-state index in [1.807, 2.05) is 0 Å². The first-order valence-corrected chi connectivity index (χ1v) is 5.16. The molecule has 0 fully saturated rings. The van der Waals surface area contributed by atoms with Gasteiger partial charge in [-0.05, 0) is 18.6 Å². The van der Waals surface area contributed by atoms with Gasteiger partial charge in [0, 0.05) is 17.8 Å². The summed E-state index contributed by atoms with van der Waals surface area (Å²) in [5.41, 5.74) is 5.52. The van der Waals surface area contributed by atoms with E-state index < -0.39 is 23.2 Å². The Balaban J connectivity index is 2.43. The summed E-state index contributed by atoms with van der Waals surface area (Å²) in [6.07, 6.45) is 0. The standard InChI is InChI=1S/C13H10F3NO/c1-7-3-2-4-11(12(7)16)18-13-9(14)5-8(17)6-10(13)15/h2-6H,17H2,1H3. The summed E-state index contributed by atoms with van der Waals surface area (Å²) in [4.78, 5) is 0. The predicted octanol–water partition coefficient (Wildman–Crippen LogP) is 3.79. The number of aryl methyl sites for hydroxylation is 1. The fourth-order valence-corrected chi connectivity index (χ4v) is 1.49. The van der Waals surface area contributed by atoms with Crippen molar-refractivity contribution in [3.63, 3.8) is 0 Å². The van der Waals surface area contributed by atoms with Crippen LogP contribution in [-0.4, -0.2) is 0 Å². The van der Waals surface area contributed by atoms with Gasteiger partial charge in [0.2, 0.25) is 0 Å². The maximum absolute atomic E-state index is 13.6. The van der Waals surface area contributed by atoms with Gasteiger partial charge in [0.1, 0.15) is 0 Å². The van der Waals surface area contributed by atoms with Crippen LogP contribution in [0.4, 0.5) is 18.9 Å². The van der Waals surface area contributed by atoms with Gasteiger partial charge in [0.25, 0.3) is 0 Å². The highest BCUT2D eigenvalue weighted by Gasteiger charge is 2.15. The zero-order valence-corrected chi connectivity index (χ0v) is 9.51. The van der Waals surface area contributed by atoms with Crippen molar-refractivity contribution in [1.82, 2.24) is 0 Å². The summed E-state index contributed by atoms with van der Waals surface area (Å²) in [7, 11) is 0. The minimum atomic E-state index is -0.978. The Morgan fingerprint density at radius 3 is 2.28 bits per heavy atom. The fraction of sp³-hybridized carbons (Fsp3) is 0.0769. The van der Waals surface area contributed by atoms with Gasteiger partial charge >= 0.3 is 0 Å². The molecular formula is C13H10F3NO. The van der Waals surface area contributed by atoms with Crippen LogP contribution in [-0.2, 0) is 0 Å². The van der Waals surface area contributed by atoms with E-state index in [1.54, 1.807) is 0 Å². The smallest absolute Gasteiger partial charge is 0.198 e. The number of nitrogen functional groups attached to an aromatic ring is 1. The van der Waals surface area contributed by atoms with Gasteiger partial charge in [-0.1, -0.05) is 12.1 Å². The summed E-state index contributed by atoms with van der Waals surface area (Å²) in [6, 6.07) is 6.16. The molecule has 2 aromatic rings. The number of benzene rings is 2. The number of rotatable bonds is 2. The molecule has 5 heteroatoms. The van der Waals surface area contributed by atoms with E-state index in [1.165, 1.54) is 25.1 Å². The first kappa shape index (κ1) is 12.3. The first-order valence-electron chi connectivity index (χ1n) is 5.16. The van der Waals surface area contributed by atoms with Crippen LogP contribution < -0.4 is 10.5 Å². The third kappa shape index (κ3) is 2.25. The Morgan fingerprint density at radius 1 is 1.06 bits per heavy atom. The van der Waals surface area contributed by atoms with Crippen molar-refractivity contribution in [2.75, 3.05) is 5.73 Å². The molecule has 2 nitrogen and oxygen atoms in total. The maximum atomic E-state index is 13.6. The second kappa shape index (κ2) is 4.60. The van der Waals surface area contributed by atoms with Crippen molar-refractivity contribution in [3.05, 3.63) is 53.3 Å². The van der Waals surface area contributed by atoms with Crippen molar-refractivity contribution >= 4 is 5.69 Å². The molecule has 0 saturated carbocycles. The highest BCUT2D eigenvalue weighted by atomic mass is 19.1. The van der Waals surface area contributed by atoms with E-state index in [-0.39, 0.29) is 11.4 Å². The SMILES string of the molecule is Cc1cccc(Oc2c(F)cc(N)cc2F)c1F. The average molecular weight is 253 g/mol. The molecule has 18 heavy (non-hydrogen) atoms. The molecule has 0 aliphatic heterocycles. The quantitative estimate of drug-likeness (QED) is 0.826. The average Bonchev–Trinajstić information content (AvgIpc) is 2.28. The largest absolute Gasteiger partial charge is 0.448 e. The van der Waals surface area contributed by atoms with Crippen molar-refractivity contribution in [2.45, 2.75) is 6.92 Å². The van der Waals surface area contributed by atoms with Gasteiger partial charge < -0.3 is 10.5 Å². The van der Waals surface area contributed by atoms with Gasteiger partial charge in [-0.2, -0.15) is 0 Å². The molecule has 0 heterocycles. The molecule has 94 valence electrons. The van der Waals surface area contributed by atoms with Crippen molar-refractivity contribution in [3.8, 4) is 11.5 Å². The van der Waals surface area contributed by atoms with Gasteiger partial charge in [0.05, 0.1) is 0 Å². The number of halogens is 3. The molecule has 2 rings (SSSR count). The lowest BCUT2D eigenvalue weighted by Gasteiger charge is -2.10. The van der Waals surface area contributed by atoms with Crippen LogP contribution in [0.25, 0.3) is 0 Å². The lowest BCUT2D eigenvalue weighted by atomic mass is 10.2. The zero-order chi connectivity index (χ0) is 13.3. The van der Waals surface area contributed by atoms with E-state index in [0.717, 1.165) is 12.1 Å². The highest BCUT2D eigenvalue weighted by Crippen LogP contribution is 2.31. The zero-order valence-electron chi connectivity index (χ0n) is 9.51. The van der Waals surface area contributed by atoms with Crippen LogP contribution in [0.15, 0.2) is 30.3 Å². The van der Waals surface area contributed by atoms with E-state index in [9.17, 15) is 13.2 Å². The van der Waals surface area contributed by atoms with E-state index >= 15 is 0 Å². The second-order valence-corrected chi connectivity index (χ2v) is 3.80. The topological polar surface area (TPSA) is 35.2 Å². The van der Waals surface area contributed by atoms with Gasteiger partial charge in [-0.3, -0.25) is 0 Å². The lowest BCUT2D eigenvalue weighted by Crippen LogP contribution is -1.97. The molecule has 2 aromatic carbocycles. The summed E-state index contributed by atoms with van der Waals surface area (Å²) in [5.74, 6) is -3.53. The number of nitrogens with two attached hydrogens (primary N) is 1. The van der Waals surface area contributed by atoms with Gasteiger partial charge in [-0.25, -0.2) is 13.2 Å². The third-order valence-electron chi connectivity index (χ3n) is 2.39. The normalized spacial score (nSPS) is 10.4. The molecule has 0 radical (unpaired) electrons. The minimum Gasteiger partial charge on any atom is -0.448 e. The summed E-state index contributed by atoms with van der Waals surface area (Å²) < 4.78 is 45.5. The monoisotopic (exact) mass is 253 g/mol. The van der Waals surface area contributed by atoms with Crippen LogP contribution in [0.2, 0.25) is 0 Å². The van der Waals surface area contributed by atoms with Crippen molar-refractivity contribution in [2.24, 2.45) is 0 Å². The lowest BCUT2D eigenvalue weighted by molar-refractivity contribution is 0.386. The summed E-state index contributed by atoms with van der Waals surface area (Å²) in [5, 5.41) is 0. The Bertz CT molecular complexity index is 576. The van der Waals surface area contributed by atoms with Crippen LogP contribution in [0.1, 0.15) is 5.56 Å². The van der Waals surface area contributed by atoms with Crippen molar-refractivity contribution < 1.29 is 17.9 Å². The number of anilines is 1. The van der Waals surface area contributed by atoms with Crippen LogP contribution in [0.5, 0.6) is 11.5 Å². The Kier molecular flexibility index (Phi) is 3.14. The molecule has 0 spiro atoms. The number of ether oxygens (including phenoxy) is 1. The second-order valence-electron chi connectivity index (χ2n) is 3.80. The van der Waals surface area contributed by atoms with Crippen molar-refractivity contribution in [1.29, 1.82) is 0 Å². The molecule has 0 unspecified atom stereocenters. The minimum absolute atomic E-state index is 0.0675. The van der Waals surface area contributed by atoms with Gasteiger partial charge in [-0.15, -0.1) is 0 Å². The van der Waals surface area contributed by atoms with E-state index in [4.69, 9.17) is 10.5 Å². The Morgan fingerprint density at radius 2 is 1.67 bits per heavy atom. The maximum Gasteiger partial charge on any atom is 0.198 e. The third-order valence-corrected chi connectivity index (χ3v) is 2.39. The molecule has 0 bridgehead atoms. The first-order chi connectivity index (χ1) is 8.49.